The molecule has 0 aliphatic heterocycles. The number of aryl methyl sites for hydroxylation is 5. The molecule has 1 atom stereocenters. The molecule has 0 unspecified atom stereocenters. The van der Waals surface area contributed by atoms with Gasteiger partial charge in [0.2, 0.25) is 0 Å². The first kappa shape index (κ1) is 21.4. The molecule has 1 heterocycles. The van der Waals surface area contributed by atoms with Crippen molar-refractivity contribution in [2.75, 3.05) is 5.32 Å². The van der Waals surface area contributed by atoms with Gasteiger partial charge in [0.15, 0.2) is 6.10 Å². The van der Waals surface area contributed by atoms with Gasteiger partial charge in [-0.05, 0) is 89.1 Å². The molecule has 5 nitrogen and oxygen atoms in total. The second-order valence-electron chi connectivity index (χ2n) is 7.81. The maximum atomic E-state index is 12.6. The lowest BCUT2D eigenvalue weighted by Crippen LogP contribution is -2.30. The maximum Gasteiger partial charge on any atom is 0.338 e. The number of nitrogens with one attached hydrogen (secondary N) is 1. The van der Waals surface area contributed by atoms with Gasteiger partial charge in [-0.15, -0.1) is 0 Å². The zero-order valence-electron chi connectivity index (χ0n) is 18.4. The Bertz CT molecular complexity index is 1050. The fourth-order valence-corrected chi connectivity index (χ4v) is 3.71. The number of rotatable bonds is 5. The molecule has 0 saturated carbocycles. The van der Waals surface area contributed by atoms with Crippen LogP contribution in [0.3, 0.4) is 0 Å². The molecule has 3 aromatic rings. The molecule has 2 aromatic carbocycles. The van der Waals surface area contributed by atoms with Gasteiger partial charge in [0, 0.05) is 22.8 Å². The van der Waals surface area contributed by atoms with Gasteiger partial charge in [0.05, 0.1) is 5.56 Å². The molecule has 0 radical (unpaired) electrons. The summed E-state index contributed by atoms with van der Waals surface area (Å²) in [5, 5.41) is 2.88. The Labute approximate surface area is 177 Å². The molecule has 0 saturated heterocycles. The highest BCUT2D eigenvalue weighted by Gasteiger charge is 2.20. The van der Waals surface area contributed by atoms with E-state index < -0.39 is 12.1 Å². The van der Waals surface area contributed by atoms with Crippen molar-refractivity contribution in [2.24, 2.45) is 0 Å². The van der Waals surface area contributed by atoms with E-state index in [4.69, 9.17) is 4.74 Å². The largest absolute Gasteiger partial charge is 0.449 e. The Balaban J connectivity index is 1.67. The Morgan fingerprint density at radius 2 is 1.40 bits per heavy atom. The highest BCUT2D eigenvalue weighted by molar-refractivity contribution is 5.98. The third kappa shape index (κ3) is 4.46. The van der Waals surface area contributed by atoms with Crippen LogP contribution in [-0.2, 0) is 9.53 Å². The first-order valence-corrected chi connectivity index (χ1v) is 10.0. The number of carbonyl (C=O) groups is 2. The van der Waals surface area contributed by atoms with Crippen molar-refractivity contribution < 1.29 is 14.3 Å². The van der Waals surface area contributed by atoms with Crippen LogP contribution in [0.5, 0.6) is 0 Å². The standard InChI is InChI=1S/C25H28N2O3/c1-15-13-16(2)23(17(3)14-15)26-24(28)20(6)30-25(29)21-9-11-22(12-10-21)27-18(4)7-8-19(27)5/h7-14,20H,1-6H3,(H,26,28)/t20-/m1/s1. The monoisotopic (exact) mass is 404 g/mol. The van der Waals surface area contributed by atoms with Crippen LogP contribution in [0.1, 0.15) is 45.4 Å². The Morgan fingerprint density at radius 1 is 0.867 bits per heavy atom. The Hall–Kier alpha value is -3.34. The molecule has 3 rings (SSSR count). The van der Waals surface area contributed by atoms with Gasteiger partial charge in [0.25, 0.3) is 5.91 Å². The van der Waals surface area contributed by atoms with Gasteiger partial charge in [0.1, 0.15) is 0 Å². The fourth-order valence-electron chi connectivity index (χ4n) is 3.71. The van der Waals surface area contributed by atoms with E-state index in [2.05, 4.69) is 22.0 Å². The zero-order valence-corrected chi connectivity index (χ0v) is 18.4. The minimum Gasteiger partial charge on any atom is -0.449 e. The molecule has 0 spiro atoms. The van der Waals surface area contributed by atoms with Crippen molar-refractivity contribution in [2.45, 2.75) is 47.6 Å². The molecule has 156 valence electrons. The molecule has 30 heavy (non-hydrogen) atoms. The summed E-state index contributed by atoms with van der Waals surface area (Å²) in [6.07, 6.45) is -0.911. The first-order valence-electron chi connectivity index (χ1n) is 10.0. The number of aromatic nitrogens is 1. The lowest BCUT2D eigenvalue weighted by Gasteiger charge is -2.17. The van der Waals surface area contributed by atoms with Crippen molar-refractivity contribution in [3.63, 3.8) is 0 Å². The number of benzene rings is 2. The van der Waals surface area contributed by atoms with Gasteiger partial charge >= 0.3 is 5.97 Å². The van der Waals surface area contributed by atoms with E-state index in [9.17, 15) is 9.59 Å². The molecular weight excluding hydrogens is 376 g/mol. The summed E-state index contributed by atoms with van der Waals surface area (Å²) in [6.45, 7) is 11.6. The molecule has 5 heteroatoms. The quantitative estimate of drug-likeness (QED) is 0.594. The third-order valence-corrected chi connectivity index (χ3v) is 5.21. The van der Waals surface area contributed by atoms with E-state index >= 15 is 0 Å². The fraction of sp³-hybridized carbons (Fsp3) is 0.280. The van der Waals surface area contributed by atoms with Crippen LogP contribution in [0, 0.1) is 34.6 Å². The maximum absolute atomic E-state index is 12.6. The summed E-state index contributed by atoms with van der Waals surface area (Å²) in [7, 11) is 0. The van der Waals surface area contributed by atoms with Crippen molar-refractivity contribution in [1.82, 2.24) is 4.57 Å². The van der Waals surface area contributed by atoms with Crippen LogP contribution in [-0.4, -0.2) is 22.5 Å². The van der Waals surface area contributed by atoms with Crippen molar-refractivity contribution in [1.29, 1.82) is 0 Å². The normalized spacial score (nSPS) is 11.8. The lowest BCUT2D eigenvalue weighted by molar-refractivity contribution is -0.123. The van der Waals surface area contributed by atoms with Gasteiger partial charge < -0.3 is 14.6 Å². The van der Waals surface area contributed by atoms with Crippen LogP contribution < -0.4 is 5.32 Å². The number of esters is 1. The number of amides is 1. The predicted molar refractivity (Wildman–Crippen MR) is 119 cm³/mol. The van der Waals surface area contributed by atoms with Crippen LogP contribution in [0.4, 0.5) is 5.69 Å². The average molecular weight is 405 g/mol. The summed E-state index contributed by atoms with van der Waals surface area (Å²) in [5.74, 6) is -0.879. The molecular formula is C25H28N2O3. The zero-order chi connectivity index (χ0) is 22.0. The Kier molecular flexibility index (Phi) is 6.11. The van der Waals surface area contributed by atoms with Gasteiger partial charge in [-0.3, -0.25) is 4.79 Å². The van der Waals surface area contributed by atoms with E-state index in [1.807, 2.05) is 58.9 Å². The minimum absolute atomic E-state index is 0.353. The van der Waals surface area contributed by atoms with Crippen LogP contribution in [0.2, 0.25) is 0 Å². The number of nitrogens with zero attached hydrogens (tertiary/aromatic N) is 1. The van der Waals surface area contributed by atoms with Gasteiger partial charge in [-0.25, -0.2) is 4.79 Å². The van der Waals surface area contributed by atoms with Crippen LogP contribution in [0.15, 0.2) is 48.5 Å². The highest BCUT2D eigenvalue weighted by Crippen LogP contribution is 2.22. The number of hydrogen-bond acceptors (Lipinski definition) is 3. The van der Waals surface area contributed by atoms with Crippen molar-refractivity contribution in [3.8, 4) is 5.69 Å². The number of ether oxygens (including phenoxy) is 1. The smallest absolute Gasteiger partial charge is 0.338 e. The van der Waals surface area contributed by atoms with Gasteiger partial charge in [-0.1, -0.05) is 17.7 Å². The number of carbonyl (C=O) groups excluding carboxylic acids is 2. The summed E-state index contributed by atoms with van der Waals surface area (Å²) in [6, 6.07) is 15.3. The first-order chi connectivity index (χ1) is 14.2. The van der Waals surface area contributed by atoms with Gasteiger partial charge in [-0.2, -0.15) is 0 Å². The molecule has 0 aliphatic rings. The molecule has 1 aromatic heterocycles. The van der Waals surface area contributed by atoms with E-state index in [1.54, 1.807) is 19.1 Å². The average Bonchev–Trinajstić information content (AvgIpc) is 3.02. The van der Waals surface area contributed by atoms with E-state index in [-0.39, 0.29) is 5.91 Å². The van der Waals surface area contributed by atoms with E-state index in [0.717, 1.165) is 39.5 Å². The van der Waals surface area contributed by atoms with E-state index in [0.29, 0.717) is 5.56 Å². The topological polar surface area (TPSA) is 60.3 Å². The lowest BCUT2D eigenvalue weighted by atomic mass is 10.0. The SMILES string of the molecule is Cc1cc(C)c(NC(=O)[C@@H](C)OC(=O)c2ccc(-n3c(C)ccc3C)cc2)c(C)c1. The number of anilines is 1. The Morgan fingerprint density at radius 3 is 1.93 bits per heavy atom. The number of hydrogen-bond donors (Lipinski definition) is 1. The summed E-state index contributed by atoms with van der Waals surface area (Å²) in [4.78, 5) is 25.1. The third-order valence-electron chi connectivity index (χ3n) is 5.21. The minimum atomic E-state index is -0.911. The molecule has 1 amide bonds. The summed E-state index contributed by atoms with van der Waals surface area (Å²) >= 11 is 0. The second kappa shape index (κ2) is 8.57. The van der Waals surface area contributed by atoms with Crippen LogP contribution in [0.25, 0.3) is 5.69 Å². The molecule has 0 bridgehead atoms. The predicted octanol–water partition coefficient (Wildman–Crippen LogP) is 5.20. The summed E-state index contributed by atoms with van der Waals surface area (Å²) in [5.41, 5.74) is 7.47. The van der Waals surface area contributed by atoms with E-state index in [1.165, 1.54) is 0 Å². The van der Waals surface area contributed by atoms with Crippen molar-refractivity contribution in [3.05, 3.63) is 82.2 Å². The highest BCUT2D eigenvalue weighted by atomic mass is 16.5. The van der Waals surface area contributed by atoms with Crippen LogP contribution >= 0.6 is 0 Å². The molecule has 0 aliphatic carbocycles. The summed E-state index contributed by atoms with van der Waals surface area (Å²) < 4.78 is 7.50. The second-order valence-corrected chi connectivity index (χ2v) is 7.81. The molecule has 1 N–H and O–H groups in total. The molecule has 0 fully saturated rings. The van der Waals surface area contributed by atoms with Crippen molar-refractivity contribution >= 4 is 17.6 Å².